The van der Waals surface area contributed by atoms with Crippen LogP contribution in [0.3, 0.4) is 0 Å². The van der Waals surface area contributed by atoms with Crippen LogP contribution in [0, 0.1) is 6.92 Å². The van der Waals surface area contributed by atoms with Crippen molar-refractivity contribution in [3.63, 3.8) is 0 Å². The second kappa shape index (κ2) is 8.10. The maximum Gasteiger partial charge on any atom is 0.573 e. The molecular weight excluding hydrogens is 427 g/mol. The lowest BCUT2D eigenvalue weighted by atomic mass is 10.0. The Balaban J connectivity index is 1.47. The van der Waals surface area contributed by atoms with E-state index in [1.807, 2.05) is 13.0 Å². The second-order valence-corrected chi connectivity index (χ2v) is 6.79. The Morgan fingerprint density at radius 3 is 2.50 bits per heavy atom. The number of alkyl halides is 3. The maximum atomic E-state index is 12.3. The zero-order valence-electron chi connectivity index (χ0n) is 16.5. The first-order valence-corrected chi connectivity index (χ1v) is 9.25. The highest BCUT2D eigenvalue weighted by Gasteiger charge is 2.31. The van der Waals surface area contributed by atoms with Crippen molar-refractivity contribution in [2.75, 3.05) is 16.4 Å². The number of amides is 2. The molecule has 4 N–H and O–H groups in total. The molecule has 0 aliphatic carbocycles. The fraction of sp³-hybridized carbons (Fsp3) is 0.0952. The highest BCUT2D eigenvalue weighted by atomic mass is 19.4. The van der Waals surface area contributed by atoms with E-state index < -0.39 is 18.1 Å². The minimum atomic E-state index is -4.82. The van der Waals surface area contributed by atoms with Gasteiger partial charge in [0.25, 0.3) is 0 Å². The van der Waals surface area contributed by atoms with E-state index in [2.05, 4.69) is 25.5 Å². The predicted molar refractivity (Wildman–Crippen MR) is 112 cm³/mol. The van der Waals surface area contributed by atoms with E-state index in [0.29, 0.717) is 16.7 Å². The molecule has 2 aromatic carbocycles. The minimum absolute atomic E-state index is 0.137. The van der Waals surface area contributed by atoms with E-state index >= 15 is 0 Å². The van der Waals surface area contributed by atoms with Gasteiger partial charge in [0.1, 0.15) is 5.75 Å². The molecule has 0 unspecified atom stereocenters. The molecule has 4 aromatic rings. The first-order chi connectivity index (χ1) is 15.2. The Hall–Kier alpha value is -4.28. The summed E-state index contributed by atoms with van der Waals surface area (Å²) in [5.74, 6) is -0.285. The van der Waals surface area contributed by atoms with Crippen molar-refractivity contribution in [2.24, 2.45) is 0 Å². The molecule has 11 heteroatoms. The zero-order chi connectivity index (χ0) is 22.9. The molecule has 0 spiro atoms. The molecular formula is C21H16F3N5O3. The van der Waals surface area contributed by atoms with Gasteiger partial charge in [-0.15, -0.1) is 13.2 Å². The smallest absolute Gasteiger partial charge is 0.406 e. The van der Waals surface area contributed by atoms with Gasteiger partial charge in [0.05, 0.1) is 5.39 Å². The van der Waals surface area contributed by atoms with Crippen LogP contribution in [0.25, 0.3) is 22.2 Å². The number of nitrogens with two attached hydrogens (primary N) is 1. The molecule has 0 saturated carbocycles. The molecule has 164 valence electrons. The monoisotopic (exact) mass is 443 g/mol. The number of rotatable bonds is 4. The van der Waals surface area contributed by atoms with Crippen LogP contribution in [-0.2, 0) is 0 Å². The molecule has 0 saturated heterocycles. The third-order valence-electron chi connectivity index (χ3n) is 4.38. The number of anilines is 3. The van der Waals surface area contributed by atoms with Crippen molar-refractivity contribution in [3.05, 3.63) is 60.3 Å². The normalized spacial score (nSPS) is 11.4. The average molecular weight is 443 g/mol. The summed E-state index contributed by atoms with van der Waals surface area (Å²) in [4.78, 5) is 16.5. The van der Waals surface area contributed by atoms with Crippen molar-refractivity contribution in [1.29, 1.82) is 0 Å². The summed E-state index contributed by atoms with van der Waals surface area (Å²) in [6, 6.07) is 13.1. The van der Waals surface area contributed by atoms with Gasteiger partial charge >= 0.3 is 12.4 Å². The summed E-state index contributed by atoms with van der Waals surface area (Å²) in [5.41, 5.74) is 9.20. The predicted octanol–water partition coefficient (Wildman–Crippen LogP) is 5.32. The molecule has 0 aliphatic heterocycles. The van der Waals surface area contributed by atoms with E-state index in [1.165, 1.54) is 12.1 Å². The minimum Gasteiger partial charge on any atom is -0.406 e. The van der Waals surface area contributed by atoms with E-state index in [-0.39, 0.29) is 11.6 Å². The van der Waals surface area contributed by atoms with Crippen LogP contribution >= 0.6 is 0 Å². The van der Waals surface area contributed by atoms with Crippen LogP contribution in [0.15, 0.2) is 59.1 Å². The number of aryl methyl sites for hydroxylation is 1. The molecule has 0 radical (unpaired) electrons. The lowest BCUT2D eigenvalue weighted by Gasteiger charge is -2.11. The summed E-state index contributed by atoms with van der Waals surface area (Å²) in [6.45, 7) is 1.82. The van der Waals surface area contributed by atoms with Crippen LogP contribution in [0.4, 0.5) is 35.2 Å². The number of pyridine rings is 1. The third kappa shape index (κ3) is 4.72. The number of aromatic nitrogens is 2. The molecule has 0 bridgehead atoms. The molecule has 32 heavy (non-hydrogen) atoms. The second-order valence-electron chi connectivity index (χ2n) is 6.79. The number of nitrogens with one attached hydrogen (secondary N) is 2. The van der Waals surface area contributed by atoms with E-state index in [4.69, 9.17) is 10.3 Å². The number of hydrogen-bond donors (Lipinski definition) is 3. The largest absolute Gasteiger partial charge is 0.573 e. The molecule has 2 amide bonds. The Morgan fingerprint density at radius 1 is 1.06 bits per heavy atom. The number of hydrogen-bond acceptors (Lipinski definition) is 6. The van der Waals surface area contributed by atoms with Crippen molar-refractivity contribution in [3.8, 4) is 16.9 Å². The Kier molecular flexibility index (Phi) is 5.31. The summed E-state index contributed by atoms with van der Waals surface area (Å²) in [5, 5.41) is 9.50. The van der Waals surface area contributed by atoms with Gasteiger partial charge in [0.15, 0.2) is 0 Å². The van der Waals surface area contributed by atoms with Gasteiger partial charge in [-0.25, -0.2) is 9.78 Å². The maximum absolute atomic E-state index is 12.3. The lowest BCUT2D eigenvalue weighted by Crippen LogP contribution is -2.20. The summed E-state index contributed by atoms with van der Waals surface area (Å²) < 4.78 is 45.9. The van der Waals surface area contributed by atoms with Crippen molar-refractivity contribution in [2.45, 2.75) is 13.3 Å². The number of halogens is 3. The van der Waals surface area contributed by atoms with Gasteiger partial charge in [0.2, 0.25) is 11.5 Å². The van der Waals surface area contributed by atoms with E-state index in [9.17, 15) is 18.0 Å². The topological polar surface area (TPSA) is 115 Å². The number of benzene rings is 2. The fourth-order valence-electron chi connectivity index (χ4n) is 3.13. The van der Waals surface area contributed by atoms with Crippen LogP contribution in [0.1, 0.15) is 5.69 Å². The number of urea groups is 1. The lowest BCUT2D eigenvalue weighted by molar-refractivity contribution is -0.274. The van der Waals surface area contributed by atoms with Crippen LogP contribution in [0.5, 0.6) is 5.75 Å². The van der Waals surface area contributed by atoms with Gasteiger partial charge in [-0.2, -0.15) is 0 Å². The summed E-state index contributed by atoms with van der Waals surface area (Å²) in [6.07, 6.45) is -4.82. The number of nitrogen functional groups attached to an aromatic ring is 1. The van der Waals surface area contributed by atoms with Crippen molar-refractivity contribution < 1.29 is 27.2 Å². The first-order valence-electron chi connectivity index (χ1n) is 9.25. The molecule has 4 rings (SSSR count). The highest BCUT2D eigenvalue weighted by molar-refractivity contribution is 6.01. The van der Waals surface area contributed by atoms with Crippen molar-refractivity contribution in [1.82, 2.24) is 10.1 Å². The number of nitrogens with zero attached hydrogens (tertiary/aromatic N) is 2. The number of fused-ring (bicyclic) bond motifs is 1. The molecule has 8 nitrogen and oxygen atoms in total. The first kappa shape index (κ1) is 21.0. The van der Waals surface area contributed by atoms with Gasteiger partial charge in [0, 0.05) is 28.7 Å². The summed E-state index contributed by atoms with van der Waals surface area (Å²) >= 11 is 0. The van der Waals surface area contributed by atoms with Crippen molar-refractivity contribution >= 4 is 34.3 Å². The number of ether oxygens (including phenoxy) is 1. The number of carbonyl (C=O) groups excluding carboxylic acids is 1. The molecule has 0 atom stereocenters. The highest BCUT2D eigenvalue weighted by Crippen LogP contribution is 2.33. The average Bonchev–Trinajstić information content (AvgIpc) is 3.07. The van der Waals surface area contributed by atoms with Gasteiger partial charge in [-0.1, -0.05) is 23.4 Å². The van der Waals surface area contributed by atoms with E-state index in [1.54, 1.807) is 24.3 Å². The quantitative estimate of drug-likeness (QED) is 0.393. The fourth-order valence-corrected chi connectivity index (χ4v) is 3.13. The Morgan fingerprint density at radius 2 is 1.78 bits per heavy atom. The third-order valence-corrected chi connectivity index (χ3v) is 4.38. The molecule has 2 heterocycles. The zero-order valence-corrected chi connectivity index (χ0v) is 16.5. The van der Waals surface area contributed by atoms with Crippen LogP contribution in [0.2, 0.25) is 0 Å². The number of carbonyl (C=O) groups is 1. The molecule has 2 aromatic heterocycles. The summed E-state index contributed by atoms with van der Waals surface area (Å²) in [7, 11) is 0. The Bertz CT molecular complexity index is 1290. The Labute approximate surface area is 179 Å². The molecule has 0 fully saturated rings. The van der Waals surface area contributed by atoms with Gasteiger partial charge in [-0.05, 0) is 42.8 Å². The van der Waals surface area contributed by atoms with E-state index in [0.717, 1.165) is 29.0 Å². The van der Waals surface area contributed by atoms with Crippen LogP contribution in [-0.4, -0.2) is 22.5 Å². The van der Waals surface area contributed by atoms with Gasteiger partial charge < -0.3 is 25.6 Å². The van der Waals surface area contributed by atoms with Gasteiger partial charge in [-0.3, -0.25) is 0 Å². The SMILES string of the molecule is Cc1cc(-c2ccc(NC(=O)Nc3cccc(OC(F)(F)F)c3)cc2)c2c(N)onc2n1. The standard InChI is InChI=1S/C21H16F3N5O3/c1-11-9-16(17-18(25)32-29-19(17)26-11)12-5-7-13(8-6-12)27-20(30)28-14-3-2-4-15(10-14)31-21(22,23)24/h2-10H,25H2,1H3,(H2,27,28,30). The molecule has 0 aliphatic rings. The van der Waals surface area contributed by atoms with Crippen LogP contribution < -0.4 is 21.1 Å².